The Kier molecular flexibility index (Phi) is 3.96. The number of aryl methyl sites for hydroxylation is 1. The third-order valence-electron chi connectivity index (χ3n) is 3.42. The molecule has 1 aromatic rings. The van der Waals surface area contributed by atoms with Crippen molar-refractivity contribution in [3.8, 4) is 0 Å². The molecule has 1 aromatic heterocycles. The molecule has 90 valence electrons. The maximum absolute atomic E-state index is 5.50. The monoisotopic (exact) mass is 223 g/mol. The summed E-state index contributed by atoms with van der Waals surface area (Å²) in [5.74, 6) is 1.62. The van der Waals surface area contributed by atoms with Crippen LogP contribution in [0.15, 0.2) is 10.6 Å². The lowest BCUT2D eigenvalue weighted by Gasteiger charge is -2.32. The van der Waals surface area contributed by atoms with Crippen molar-refractivity contribution in [1.82, 2.24) is 9.88 Å². The van der Waals surface area contributed by atoms with Gasteiger partial charge < -0.3 is 15.1 Å². The topological polar surface area (TPSA) is 55.3 Å². The van der Waals surface area contributed by atoms with Gasteiger partial charge >= 0.3 is 0 Å². The predicted octanol–water partition coefficient (Wildman–Crippen LogP) is 1.55. The van der Waals surface area contributed by atoms with Gasteiger partial charge in [0.2, 0.25) is 5.89 Å². The summed E-state index contributed by atoms with van der Waals surface area (Å²) in [4.78, 5) is 6.57. The van der Waals surface area contributed by atoms with Crippen molar-refractivity contribution in [2.45, 2.75) is 44.7 Å². The first kappa shape index (κ1) is 11.6. The lowest BCUT2D eigenvalue weighted by atomic mass is 9.98. The minimum atomic E-state index is 0.392. The van der Waals surface area contributed by atoms with Gasteiger partial charge in [0.15, 0.2) is 0 Å². The molecule has 0 saturated carbocycles. The number of hydrogen-bond acceptors (Lipinski definition) is 4. The second kappa shape index (κ2) is 5.46. The highest BCUT2D eigenvalue weighted by atomic mass is 16.4. The van der Waals surface area contributed by atoms with Crippen LogP contribution in [-0.4, -0.2) is 29.5 Å². The second-order valence-electron chi connectivity index (χ2n) is 4.59. The summed E-state index contributed by atoms with van der Waals surface area (Å²) < 4.78 is 5.50. The molecule has 2 heterocycles. The number of rotatable bonds is 4. The molecule has 0 bridgehead atoms. The fourth-order valence-corrected chi connectivity index (χ4v) is 2.38. The average molecular weight is 223 g/mol. The summed E-state index contributed by atoms with van der Waals surface area (Å²) >= 11 is 0. The standard InChI is InChI=1S/C12H21N3O/c1-15-7-3-2-4-10(15)5-6-11-9-14-12(8-13)16-11/h9-10H,2-8,13H2,1H3. The number of piperidine rings is 1. The lowest BCUT2D eigenvalue weighted by Crippen LogP contribution is -2.36. The zero-order valence-corrected chi connectivity index (χ0v) is 9.98. The van der Waals surface area contributed by atoms with Gasteiger partial charge in [0.05, 0.1) is 12.7 Å². The summed E-state index contributed by atoms with van der Waals surface area (Å²) in [6, 6.07) is 0.708. The Hall–Kier alpha value is -0.870. The van der Waals surface area contributed by atoms with Crippen LogP contribution in [0.4, 0.5) is 0 Å². The summed E-state index contributed by atoms with van der Waals surface area (Å²) in [5, 5.41) is 0. The van der Waals surface area contributed by atoms with E-state index in [9.17, 15) is 0 Å². The molecule has 0 amide bonds. The zero-order chi connectivity index (χ0) is 11.4. The molecule has 0 aliphatic carbocycles. The van der Waals surface area contributed by atoms with E-state index in [1.807, 2.05) is 6.20 Å². The van der Waals surface area contributed by atoms with Gasteiger partial charge in [-0.3, -0.25) is 0 Å². The van der Waals surface area contributed by atoms with Gasteiger partial charge in [0.1, 0.15) is 5.76 Å². The smallest absolute Gasteiger partial charge is 0.208 e. The van der Waals surface area contributed by atoms with Gasteiger partial charge in [-0.2, -0.15) is 0 Å². The largest absolute Gasteiger partial charge is 0.444 e. The van der Waals surface area contributed by atoms with Gasteiger partial charge in [-0.05, 0) is 32.9 Å². The average Bonchev–Trinajstić information content (AvgIpc) is 2.76. The first-order valence-electron chi connectivity index (χ1n) is 6.13. The molecule has 16 heavy (non-hydrogen) atoms. The zero-order valence-electron chi connectivity index (χ0n) is 9.98. The molecule has 1 atom stereocenters. The van der Waals surface area contributed by atoms with E-state index in [1.54, 1.807) is 0 Å². The highest BCUT2D eigenvalue weighted by Crippen LogP contribution is 2.19. The molecule has 4 heteroatoms. The van der Waals surface area contributed by atoms with Crippen LogP contribution in [0.2, 0.25) is 0 Å². The van der Waals surface area contributed by atoms with Gasteiger partial charge in [-0.25, -0.2) is 4.98 Å². The van der Waals surface area contributed by atoms with Gasteiger partial charge in [-0.15, -0.1) is 0 Å². The summed E-state index contributed by atoms with van der Waals surface area (Å²) in [5.41, 5.74) is 5.46. The molecule has 1 unspecified atom stereocenters. The SMILES string of the molecule is CN1CCCCC1CCc1cnc(CN)o1. The van der Waals surface area contributed by atoms with Crippen molar-refractivity contribution >= 4 is 0 Å². The van der Waals surface area contributed by atoms with Crippen molar-refractivity contribution in [3.63, 3.8) is 0 Å². The Balaban J connectivity index is 1.81. The van der Waals surface area contributed by atoms with Crippen molar-refractivity contribution in [2.24, 2.45) is 5.73 Å². The molecule has 4 nitrogen and oxygen atoms in total. The Bertz CT molecular complexity index is 324. The van der Waals surface area contributed by atoms with Crippen LogP contribution in [0.5, 0.6) is 0 Å². The molecule has 1 fully saturated rings. The van der Waals surface area contributed by atoms with Crippen molar-refractivity contribution in [3.05, 3.63) is 17.8 Å². The molecule has 1 aliphatic heterocycles. The Morgan fingerprint density at radius 1 is 1.56 bits per heavy atom. The molecule has 1 aliphatic rings. The van der Waals surface area contributed by atoms with Gasteiger partial charge in [0.25, 0.3) is 0 Å². The number of nitrogens with zero attached hydrogens (tertiary/aromatic N) is 2. The lowest BCUT2D eigenvalue weighted by molar-refractivity contribution is 0.174. The molecule has 0 spiro atoms. The van der Waals surface area contributed by atoms with Crippen LogP contribution in [0.1, 0.15) is 37.3 Å². The van der Waals surface area contributed by atoms with Crippen molar-refractivity contribution < 1.29 is 4.42 Å². The third-order valence-corrected chi connectivity index (χ3v) is 3.42. The summed E-state index contributed by atoms with van der Waals surface area (Å²) in [6.07, 6.45) is 7.96. The fraction of sp³-hybridized carbons (Fsp3) is 0.750. The predicted molar refractivity (Wildman–Crippen MR) is 63.0 cm³/mol. The number of aromatic nitrogens is 1. The van der Waals surface area contributed by atoms with Gasteiger partial charge in [0, 0.05) is 12.5 Å². The first-order chi connectivity index (χ1) is 7.79. The van der Waals surface area contributed by atoms with E-state index in [0.717, 1.165) is 18.6 Å². The third kappa shape index (κ3) is 2.83. The molecule has 1 saturated heterocycles. The first-order valence-corrected chi connectivity index (χ1v) is 6.13. The van der Waals surface area contributed by atoms with E-state index in [-0.39, 0.29) is 0 Å². The van der Waals surface area contributed by atoms with E-state index in [0.29, 0.717) is 18.5 Å². The van der Waals surface area contributed by atoms with E-state index in [2.05, 4.69) is 16.9 Å². The number of likely N-dealkylation sites (tertiary alicyclic amines) is 1. The minimum Gasteiger partial charge on any atom is -0.444 e. The second-order valence-corrected chi connectivity index (χ2v) is 4.59. The van der Waals surface area contributed by atoms with E-state index < -0.39 is 0 Å². The number of oxazole rings is 1. The quantitative estimate of drug-likeness (QED) is 0.841. The molecule has 2 N–H and O–H groups in total. The molecule has 0 aromatic carbocycles. The van der Waals surface area contributed by atoms with Crippen LogP contribution >= 0.6 is 0 Å². The maximum atomic E-state index is 5.50. The Labute approximate surface area is 96.8 Å². The molecular weight excluding hydrogens is 202 g/mol. The Morgan fingerprint density at radius 3 is 3.12 bits per heavy atom. The summed E-state index contributed by atoms with van der Waals surface area (Å²) in [6.45, 7) is 1.62. The van der Waals surface area contributed by atoms with Crippen molar-refractivity contribution in [2.75, 3.05) is 13.6 Å². The maximum Gasteiger partial charge on any atom is 0.208 e. The summed E-state index contributed by atoms with van der Waals surface area (Å²) in [7, 11) is 2.22. The van der Waals surface area contributed by atoms with Crippen LogP contribution in [0.3, 0.4) is 0 Å². The van der Waals surface area contributed by atoms with Crippen molar-refractivity contribution in [1.29, 1.82) is 0 Å². The highest BCUT2D eigenvalue weighted by Gasteiger charge is 2.18. The van der Waals surface area contributed by atoms with Crippen LogP contribution in [0, 0.1) is 0 Å². The van der Waals surface area contributed by atoms with Crippen LogP contribution in [-0.2, 0) is 13.0 Å². The highest BCUT2D eigenvalue weighted by molar-refractivity contribution is 4.95. The van der Waals surface area contributed by atoms with E-state index in [1.165, 1.54) is 25.8 Å². The van der Waals surface area contributed by atoms with E-state index in [4.69, 9.17) is 10.2 Å². The fourth-order valence-electron chi connectivity index (χ4n) is 2.38. The number of hydrogen-bond donors (Lipinski definition) is 1. The minimum absolute atomic E-state index is 0.392. The Morgan fingerprint density at radius 2 is 2.44 bits per heavy atom. The van der Waals surface area contributed by atoms with E-state index >= 15 is 0 Å². The van der Waals surface area contributed by atoms with Gasteiger partial charge in [-0.1, -0.05) is 6.42 Å². The number of nitrogens with two attached hydrogens (primary N) is 1. The molecule has 2 rings (SSSR count). The van der Waals surface area contributed by atoms with Crippen LogP contribution < -0.4 is 5.73 Å². The molecule has 0 radical (unpaired) electrons. The molecular formula is C12H21N3O. The van der Waals surface area contributed by atoms with Crippen LogP contribution in [0.25, 0.3) is 0 Å². The normalized spacial score (nSPS) is 22.5.